The molecule has 1 aromatic carbocycles. The van der Waals surface area contributed by atoms with Gasteiger partial charge in [0.2, 0.25) is 5.91 Å². The van der Waals surface area contributed by atoms with E-state index in [-0.39, 0.29) is 11.3 Å². The Kier molecular flexibility index (Phi) is 5.01. The molecule has 26 heavy (non-hydrogen) atoms. The first kappa shape index (κ1) is 17.6. The lowest BCUT2D eigenvalue weighted by molar-refractivity contribution is -0.129. The molecule has 0 aromatic heterocycles. The lowest BCUT2D eigenvalue weighted by atomic mass is 9.49. The van der Waals surface area contributed by atoms with Gasteiger partial charge in [0.25, 0.3) is 0 Å². The van der Waals surface area contributed by atoms with Crippen molar-refractivity contribution < 1.29 is 9.53 Å². The molecule has 4 fully saturated rings. The van der Waals surface area contributed by atoms with E-state index >= 15 is 0 Å². The second kappa shape index (κ2) is 7.42. The molecule has 1 aromatic rings. The number of carbonyl (C=O) groups is 1. The minimum Gasteiger partial charge on any atom is -0.494 e. The molecule has 1 N–H and O–H groups in total. The first-order valence-corrected chi connectivity index (χ1v) is 10.2. The molecule has 0 atom stereocenters. The zero-order valence-corrected chi connectivity index (χ0v) is 15.7. The number of amides is 1. The number of benzene rings is 1. The molecule has 0 radical (unpaired) electrons. The average molecular weight is 354 g/mol. The molecule has 4 saturated carbocycles. The maximum absolute atomic E-state index is 12.5. The van der Waals surface area contributed by atoms with Gasteiger partial charge in [-0.25, -0.2) is 5.43 Å². The van der Waals surface area contributed by atoms with Crippen LogP contribution in [0.4, 0.5) is 0 Å². The Labute approximate surface area is 156 Å². The monoisotopic (exact) mass is 354 g/mol. The van der Waals surface area contributed by atoms with E-state index in [0.29, 0.717) is 13.0 Å². The zero-order valence-electron chi connectivity index (χ0n) is 15.7. The maximum atomic E-state index is 12.5. The van der Waals surface area contributed by atoms with Gasteiger partial charge in [0.1, 0.15) is 5.75 Å². The smallest absolute Gasteiger partial charge is 0.240 e. The number of ether oxygens (including phenoxy) is 1. The fourth-order valence-corrected chi connectivity index (χ4v) is 5.97. The number of carbonyl (C=O) groups excluding carboxylic acids is 1. The van der Waals surface area contributed by atoms with E-state index in [1.807, 2.05) is 24.3 Å². The molecule has 1 amide bonds. The van der Waals surface area contributed by atoms with Crippen molar-refractivity contribution in [1.29, 1.82) is 0 Å². The molecular formula is C22H30N2O2. The predicted molar refractivity (Wildman–Crippen MR) is 103 cm³/mol. The van der Waals surface area contributed by atoms with Gasteiger partial charge in [-0.2, -0.15) is 5.10 Å². The summed E-state index contributed by atoms with van der Waals surface area (Å²) in [7, 11) is 0. The molecule has 140 valence electrons. The van der Waals surface area contributed by atoms with Crippen molar-refractivity contribution in [3.63, 3.8) is 0 Å². The Morgan fingerprint density at radius 1 is 1.23 bits per heavy atom. The van der Waals surface area contributed by atoms with E-state index in [1.165, 1.54) is 38.5 Å². The van der Waals surface area contributed by atoms with Crippen LogP contribution in [0.1, 0.15) is 63.9 Å². The lowest BCUT2D eigenvalue weighted by Crippen LogP contribution is -2.47. The van der Waals surface area contributed by atoms with E-state index in [0.717, 1.165) is 35.5 Å². The topological polar surface area (TPSA) is 50.7 Å². The van der Waals surface area contributed by atoms with Crippen LogP contribution in [0.5, 0.6) is 5.75 Å². The number of hydrogen-bond acceptors (Lipinski definition) is 3. The van der Waals surface area contributed by atoms with Crippen molar-refractivity contribution in [2.45, 2.75) is 58.3 Å². The molecule has 4 heteroatoms. The molecule has 4 bridgehead atoms. The molecule has 0 aliphatic heterocycles. The highest BCUT2D eigenvalue weighted by atomic mass is 16.5. The summed E-state index contributed by atoms with van der Waals surface area (Å²) < 4.78 is 5.63. The van der Waals surface area contributed by atoms with Crippen LogP contribution < -0.4 is 10.2 Å². The number of rotatable bonds is 7. The Morgan fingerprint density at radius 3 is 2.58 bits per heavy atom. The van der Waals surface area contributed by atoms with Gasteiger partial charge >= 0.3 is 0 Å². The van der Waals surface area contributed by atoms with Crippen LogP contribution in [0, 0.1) is 23.2 Å². The summed E-state index contributed by atoms with van der Waals surface area (Å²) in [5, 5.41) is 4.18. The Morgan fingerprint density at radius 2 is 1.92 bits per heavy atom. The largest absolute Gasteiger partial charge is 0.494 e. The van der Waals surface area contributed by atoms with Crippen LogP contribution >= 0.6 is 0 Å². The van der Waals surface area contributed by atoms with Crippen LogP contribution in [0.25, 0.3) is 0 Å². The minimum absolute atomic E-state index is 0.0709. The van der Waals surface area contributed by atoms with Crippen molar-refractivity contribution in [1.82, 2.24) is 5.43 Å². The summed E-state index contributed by atoms with van der Waals surface area (Å²) in [6, 6.07) is 7.81. The van der Waals surface area contributed by atoms with Gasteiger partial charge in [0.15, 0.2) is 0 Å². The van der Waals surface area contributed by atoms with Crippen molar-refractivity contribution >= 4 is 12.1 Å². The number of nitrogens with one attached hydrogen (secondary N) is 1. The average Bonchev–Trinajstić information content (AvgIpc) is 2.58. The summed E-state index contributed by atoms with van der Waals surface area (Å²) in [5.74, 6) is 3.55. The third kappa shape index (κ3) is 3.94. The molecule has 0 unspecified atom stereocenters. The van der Waals surface area contributed by atoms with Crippen molar-refractivity contribution in [3.05, 3.63) is 29.8 Å². The van der Waals surface area contributed by atoms with E-state index in [9.17, 15) is 4.79 Å². The minimum atomic E-state index is 0.0709. The van der Waals surface area contributed by atoms with Crippen molar-refractivity contribution in [2.75, 3.05) is 6.61 Å². The third-order valence-corrected chi connectivity index (χ3v) is 6.43. The Bertz CT molecular complexity index is 647. The quantitative estimate of drug-likeness (QED) is 0.578. The van der Waals surface area contributed by atoms with Crippen molar-refractivity contribution in [2.24, 2.45) is 28.3 Å². The highest BCUT2D eigenvalue weighted by Crippen LogP contribution is 2.61. The Balaban J connectivity index is 1.31. The predicted octanol–water partition coefficient (Wildman–Crippen LogP) is 4.53. The van der Waals surface area contributed by atoms with Gasteiger partial charge in [-0.15, -0.1) is 0 Å². The molecule has 4 aliphatic carbocycles. The first-order valence-electron chi connectivity index (χ1n) is 10.2. The Hall–Kier alpha value is -1.84. The molecule has 0 heterocycles. The van der Waals surface area contributed by atoms with Gasteiger partial charge in [0, 0.05) is 6.42 Å². The van der Waals surface area contributed by atoms with Crippen molar-refractivity contribution in [3.8, 4) is 5.75 Å². The maximum Gasteiger partial charge on any atom is 0.240 e. The number of hydrazone groups is 1. The molecule has 4 aliphatic rings. The van der Waals surface area contributed by atoms with Crippen LogP contribution in [0.2, 0.25) is 0 Å². The lowest BCUT2D eigenvalue weighted by Gasteiger charge is -2.56. The highest BCUT2D eigenvalue weighted by molar-refractivity contribution is 5.83. The highest BCUT2D eigenvalue weighted by Gasteiger charge is 2.51. The summed E-state index contributed by atoms with van der Waals surface area (Å²) >= 11 is 0. The van der Waals surface area contributed by atoms with E-state index in [1.54, 1.807) is 6.21 Å². The molecule has 0 saturated heterocycles. The zero-order chi connectivity index (χ0) is 18.0. The summed E-state index contributed by atoms with van der Waals surface area (Å²) in [4.78, 5) is 12.5. The van der Waals surface area contributed by atoms with E-state index in [2.05, 4.69) is 17.5 Å². The van der Waals surface area contributed by atoms with Gasteiger partial charge in [-0.1, -0.05) is 19.1 Å². The normalized spacial score (nSPS) is 32.1. The van der Waals surface area contributed by atoms with Gasteiger partial charge in [0.05, 0.1) is 12.8 Å². The summed E-state index contributed by atoms with van der Waals surface area (Å²) in [5.41, 5.74) is 3.96. The molecule has 0 spiro atoms. The third-order valence-electron chi connectivity index (χ3n) is 6.43. The van der Waals surface area contributed by atoms with Crippen LogP contribution in [-0.4, -0.2) is 18.7 Å². The number of nitrogens with zero attached hydrogens (tertiary/aromatic N) is 1. The molecular weight excluding hydrogens is 324 g/mol. The number of hydrogen-bond donors (Lipinski definition) is 1. The van der Waals surface area contributed by atoms with E-state index in [4.69, 9.17) is 4.74 Å². The fourth-order valence-electron chi connectivity index (χ4n) is 5.97. The molecule has 4 nitrogen and oxygen atoms in total. The van der Waals surface area contributed by atoms with E-state index < -0.39 is 0 Å². The van der Waals surface area contributed by atoms with Crippen LogP contribution in [0.3, 0.4) is 0 Å². The van der Waals surface area contributed by atoms with Crippen LogP contribution in [0.15, 0.2) is 29.4 Å². The van der Waals surface area contributed by atoms with Gasteiger partial charge in [-0.3, -0.25) is 4.79 Å². The second-order valence-corrected chi connectivity index (χ2v) is 8.81. The summed E-state index contributed by atoms with van der Waals surface area (Å²) in [6.07, 6.45) is 11.3. The summed E-state index contributed by atoms with van der Waals surface area (Å²) in [6.45, 7) is 2.80. The van der Waals surface area contributed by atoms with Gasteiger partial charge < -0.3 is 4.74 Å². The first-order chi connectivity index (χ1) is 12.6. The SMILES string of the molecule is CCCOc1cccc(C=NNC(=O)CC23CC4CC(CC(C4)C2)C3)c1. The van der Waals surface area contributed by atoms with Crippen LogP contribution in [-0.2, 0) is 4.79 Å². The molecule has 5 rings (SSSR count). The van der Waals surface area contributed by atoms with Gasteiger partial charge in [-0.05, 0) is 85.8 Å². The fraction of sp³-hybridized carbons (Fsp3) is 0.636. The standard InChI is InChI=1S/C22H30N2O2/c1-2-6-26-20-5-3-4-16(10-20)15-23-24-21(25)14-22-11-17-7-18(12-22)9-19(8-17)13-22/h3-5,10,15,17-19H,2,6-9,11-14H2,1H3,(H,24,25). The second-order valence-electron chi connectivity index (χ2n) is 8.81.